The van der Waals surface area contributed by atoms with Crippen molar-refractivity contribution in [2.75, 3.05) is 5.32 Å². The maximum atomic E-state index is 12.4. The van der Waals surface area contributed by atoms with Crippen LogP contribution in [0.5, 0.6) is 0 Å². The molecule has 1 aromatic carbocycles. The number of H-pyrrole nitrogens is 1. The van der Waals surface area contributed by atoms with Gasteiger partial charge in [0.1, 0.15) is 0 Å². The van der Waals surface area contributed by atoms with E-state index in [1.54, 1.807) is 12.1 Å². The largest absolute Gasteiger partial charge is 0.348 e. The number of amides is 2. The Kier molecular flexibility index (Phi) is 4.67. The van der Waals surface area contributed by atoms with Gasteiger partial charge in [-0.3, -0.25) is 14.4 Å². The standard InChI is InChI=1S/C18H19N3O3S/c1-9-6-10(2)20-18(24)13(9)8-19-17(23)12-4-5-15-14(7-12)21-16(22)11(3)25-15/h4-7,11H,8H2,1-3H3,(H,19,23)(H,20,24)(H,21,22). The van der Waals surface area contributed by atoms with Crippen LogP contribution in [0.15, 0.2) is 34.0 Å². The molecule has 2 amide bonds. The van der Waals surface area contributed by atoms with Crippen molar-refractivity contribution >= 4 is 29.3 Å². The lowest BCUT2D eigenvalue weighted by Gasteiger charge is -2.21. The van der Waals surface area contributed by atoms with E-state index in [2.05, 4.69) is 15.6 Å². The minimum atomic E-state index is -0.292. The molecule has 6 nitrogen and oxygen atoms in total. The van der Waals surface area contributed by atoms with Crippen LogP contribution >= 0.6 is 11.8 Å². The lowest BCUT2D eigenvalue weighted by molar-refractivity contribution is -0.115. The number of aryl methyl sites for hydroxylation is 2. The van der Waals surface area contributed by atoms with Gasteiger partial charge in [0.25, 0.3) is 11.5 Å². The van der Waals surface area contributed by atoms with E-state index in [0.29, 0.717) is 16.8 Å². The number of benzene rings is 1. The van der Waals surface area contributed by atoms with Gasteiger partial charge in [0, 0.05) is 28.3 Å². The molecule has 3 rings (SSSR count). The number of aromatic amines is 1. The molecule has 2 aromatic rings. The molecule has 130 valence electrons. The van der Waals surface area contributed by atoms with Gasteiger partial charge in [-0.25, -0.2) is 0 Å². The van der Waals surface area contributed by atoms with Crippen molar-refractivity contribution < 1.29 is 9.59 Å². The van der Waals surface area contributed by atoms with Crippen molar-refractivity contribution in [3.05, 3.63) is 57.0 Å². The van der Waals surface area contributed by atoms with Crippen LogP contribution in [-0.2, 0) is 11.3 Å². The van der Waals surface area contributed by atoms with E-state index in [9.17, 15) is 14.4 Å². The fraction of sp³-hybridized carbons (Fsp3) is 0.278. The zero-order valence-electron chi connectivity index (χ0n) is 14.2. The quantitative estimate of drug-likeness (QED) is 0.786. The second-order valence-electron chi connectivity index (χ2n) is 6.09. The summed E-state index contributed by atoms with van der Waals surface area (Å²) >= 11 is 1.47. The van der Waals surface area contributed by atoms with Gasteiger partial charge in [-0.2, -0.15) is 0 Å². The molecule has 0 fully saturated rings. The van der Waals surface area contributed by atoms with Gasteiger partial charge in [0.2, 0.25) is 5.91 Å². The summed E-state index contributed by atoms with van der Waals surface area (Å²) in [6.07, 6.45) is 0. The third kappa shape index (κ3) is 3.61. The van der Waals surface area contributed by atoms with Crippen molar-refractivity contribution in [2.45, 2.75) is 37.5 Å². The Morgan fingerprint density at radius 3 is 2.72 bits per heavy atom. The molecule has 0 aliphatic carbocycles. The molecule has 2 heterocycles. The number of fused-ring (bicyclic) bond motifs is 1. The van der Waals surface area contributed by atoms with Crippen LogP contribution in [-0.4, -0.2) is 22.0 Å². The maximum Gasteiger partial charge on any atom is 0.253 e. The van der Waals surface area contributed by atoms with E-state index in [4.69, 9.17) is 0 Å². The number of carbonyl (C=O) groups is 2. The first-order chi connectivity index (χ1) is 11.8. The van der Waals surface area contributed by atoms with Gasteiger partial charge in [-0.1, -0.05) is 0 Å². The van der Waals surface area contributed by atoms with Gasteiger partial charge in [0.15, 0.2) is 0 Å². The Bertz CT molecular complexity index is 920. The zero-order chi connectivity index (χ0) is 18.1. The summed E-state index contributed by atoms with van der Waals surface area (Å²) in [5.41, 5.74) is 3.05. The summed E-state index contributed by atoms with van der Waals surface area (Å²) in [5.74, 6) is -0.364. The lowest BCUT2D eigenvalue weighted by Crippen LogP contribution is -2.29. The number of rotatable bonds is 3. The van der Waals surface area contributed by atoms with Crippen molar-refractivity contribution in [3.63, 3.8) is 0 Å². The minimum Gasteiger partial charge on any atom is -0.348 e. The number of hydrogen-bond donors (Lipinski definition) is 3. The lowest BCUT2D eigenvalue weighted by atomic mass is 10.1. The summed E-state index contributed by atoms with van der Waals surface area (Å²) in [5, 5.41) is 5.42. The average Bonchev–Trinajstić information content (AvgIpc) is 2.54. The fourth-order valence-corrected chi connectivity index (χ4v) is 3.65. The second-order valence-corrected chi connectivity index (χ2v) is 7.47. The average molecular weight is 357 g/mol. The topological polar surface area (TPSA) is 91.1 Å². The number of anilines is 1. The van der Waals surface area contributed by atoms with E-state index in [0.717, 1.165) is 16.2 Å². The summed E-state index contributed by atoms with van der Waals surface area (Å²) in [7, 11) is 0. The number of carbonyl (C=O) groups excluding carboxylic acids is 2. The number of thioether (sulfide) groups is 1. The molecule has 0 spiro atoms. The SMILES string of the molecule is Cc1cc(C)c(CNC(=O)c2ccc3c(c2)NC(=O)C(C)S3)c(=O)[nH]1. The maximum absolute atomic E-state index is 12.4. The van der Waals surface area contributed by atoms with E-state index < -0.39 is 0 Å². The molecule has 0 saturated carbocycles. The van der Waals surface area contributed by atoms with Gasteiger partial charge >= 0.3 is 0 Å². The van der Waals surface area contributed by atoms with Gasteiger partial charge in [-0.05, 0) is 50.6 Å². The highest BCUT2D eigenvalue weighted by Crippen LogP contribution is 2.35. The highest BCUT2D eigenvalue weighted by Gasteiger charge is 2.23. The predicted octanol–water partition coefficient (Wildman–Crippen LogP) is 2.35. The van der Waals surface area contributed by atoms with E-state index in [-0.39, 0.29) is 29.2 Å². The summed E-state index contributed by atoms with van der Waals surface area (Å²) in [6, 6.07) is 7.08. The molecule has 3 N–H and O–H groups in total. The van der Waals surface area contributed by atoms with Crippen LogP contribution < -0.4 is 16.2 Å². The van der Waals surface area contributed by atoms with Crippen LogP contribution in [0.1, 0.15) is 34.1 Å². The summed E-state index contributed by atoms with van der Waals surface area (Å²) in [6.45, 7) is 5.65. The Labute approximate surface area is 149 Å². The van der Waals surface area contributed by atoms with Gasteiger partial charge in [0.05, 0.1) is 10.9 Å². The molecular formula is C18H19N3O3S. The Balaban J connectivity index is 1.76. The van der Waals surface area contributed by atoms with Crippen molar-refractivity contribution in [3.8, 4) is 0 Å². The van der Waals surface area contributed by atoms with E-state index >= 15 is 0 Å². The molecule has 0 bridgehead atoms. The molecule has 7 heteroatoms. The van der Waals surface area contributed by atoms with Crippen LogP contribution in [0.4, 0.5) is 5.69 Å². The minimum absolute atomic E-state index is 0.0723. The highest BCUT2D eigenvalue weighted by atomic mass is 32.2. The molecular weight excluding hydrogens is 338 g/mol. The van der Waals surface area contributed by atoms with Crippen LogP contribution in [0.25, 0.3) is 0 Å². The smallest absolute Gasteiger partial charge is 0.253 e. The monoisotopic (exact) mass is 357 g/mol. The summed E-state index contributed by atoms with van der Waals surface area (Å²) in [4.78, 5) is 39.9. The van der Waals surface area contributed by atoms with Gasteiger partial charge in [-0.15, -0.1) is 11.8 Å². The first-order valence-electron chi connectivity index (χ1n) is 7.94. The Hall–Kier alpha value is -2.54. The molecule has 1 atom stereocenters. The molecule has 1 unspecified atom stereocenters. The number of hydrogen-bond acceptors (Lipinski definition) is 4. The number of pyridine rings is 1. The number of aromatic nitrogens is 1. The van der Waals surface area contributed by atoms with Crippen LogP contribution in [0.3, 0.4) is 0 Å². The van der Waals surface area contributed by atoms with Gasteiger partial charge < -0.3 is 15.6 Å². The fourth-order valence-electron chi connectivity index (χ4n) is 2.72. The third-order valence-electron chi connectivity index (χ3n) is 4.09. The number of nitrogens with one attached hydrogen (secondary N) is 3. The molecule has 1 aliphatic heterocycles. The molecule has 0 saturated heterocycles. The second kappa shape index (κ2) is 6.76. The Morgan fingerprint density at radius 2 is 2.00 bits per heavy atom. The molecule has 1 aliphatic rings. The van der Waals surface area contributed by atoms with Crippen LogP contribution in [0.2, 0.25) is 0 Å². The third-order valence-corrected chi connectivity index (χ3v) is 5.27. The Morgan fingerprint density at radius 1 is 1.24 bits per heavy atom. The molecule has 25 heavy (non-hydrogen) atoms. The van der Waals surface area contributed by atoms with Crippen molar-refractivity contribution in [1.29, 1.82) is 0 Å². The first-order valence-corrected chi connectivity index (χ1v) is 8.82. The van der Waals surface area contributed by atoms with E-state index in [1.165, 1.54) is 11.8 Å². The van der Waals surface area contributed by atoms with Crippen molar-refractivity contribution in [1.82, 2.24) is 10.3 Å². The predicted molar refractivity (Wildman–Crippen MR) is 98.1 cm³/mol. The first kappa shape index (κ1) is 17.3. The van der Waals surface area contributed by atoms with Crippen molar-refractivity contribution in [2.24, 2.45) is 0 Å². The molecule has 0 radical (unpaired) electrons. The highest BCUT2D eigenvalue weighted by molar-refractivity contribution is 8.00. The molecule has 1 aromatic heterocycles. The normalized spacial score (nSPS) is 16.1. The van der Waals surface area contributed by atoms with Crippen LogP contribution in [0, 0.1) is 13.8 Å². The van der Waals surface area contributed by atoms with E-state index in [1.807, 2.05) is 32.9 Å². The summed E-state index contributed by atoms with van der Waals surface area (Å²) < 4.78 is 0. The zero-order valence-corrected chi connectivity index (χ0v) is 15.0.